The van der Waals surface area contributed by atoms with Gasteiger partial charge in [0.1, 0.15) is 0 Å². The molecule has 2 rings (SSSR count). The third kappa shape index (κ3) is 6.82. The maximum absolute atomic E-state index is 12.0. The van der Waals surface area contributed by atoms with E-state index in [4.69, 9.17) is 9.05 Å². The van der Waals surface area contributed by atoms with Crippen molar-refractivity contribution in [3.63, 3.8) is 0 Å². The fraction of sp³-hybridized carbons (Fsp3) is 0.143. The van der Waals surface area contributed by atoms with E-state index in [0.29, 0.717) is 9.79 Å². The van der Waals surface area contributed by atoms with Crippen LogP contribution in [-0.4, -0.2) is 21.0 Å². The molecule has 0 radical (unpaired) electrons. The second-order valence-electron chi connectivity index (χ2n) is 4.37. The molecule has 0 aliphatic heterocycles. The van der Waals surface area contributed by atoms with Crippen LogP contribution in [0.25, 0.3) is 0 Å². The molecule has 0 aromatic heterocycles. The SMILES string of the molecule is O=[PH](OC[S@@+]([O-])c1ccc(Br)cc1)OC[S@@+]([O-])c1ccc(Br)cc1. The summed E-state index contributed by atoms with van der Waals surface area (Å²) >= 11 is 3.69. The van der Waals surface area contributed by atoms with Gasteiger partial charge in [-0.25, -0.2) is 0 Å². The lowest BCUT2D eigenvalue weighted by Gasteiger charge is -2.12. The maximum Gasteiger partial charge on any atom is 0.326 e. The smallest absolute Gasteiger partial charge is 0.326 e. The third-order valence-electron chi connectivity index (χ3n) is 2.72. The zero-order valence-electron chi connectivity index (χ0n) is 12.1. The molecule has 0 spiro atoms. The van der Waals surface area contributed by atoms with Crippen LogP contribution >= 0.6 is 40.1 Å². The Morgan fingerprint density at radius 2 is 1.12 bits per heavy atom. The Bertz CT molecular complexity index is 614. The highest BCUT2D eigenvalue weighted by Crippen LogP contribution is 2.28. The van der Waals surface area contributed by atoms with Gasteiger partial charge in [-0.05, 0) is 48.5 Å². The van der Waals surface area contributed by atoms with Crippen molar-refractivity contribution in [1.82, 2.24) is 0 Å². The van der Waals surface area contributed by atoms with Gasteiger partial charge < -0.3 is 9.11 Å². The molecule has 0 saturated carbocycles. The van der Waals surface area contributed by atoms with E-state index in [2.05, 4.69) is 31.9 Å². The van der Waals surface area contributed by atoms with Crippen molar-refractivity contribution in [1.29, 1.82) is 0 Å². The van der Waals surface area contributed by atoms with Crippen LogP contribution in [-0.2, 0) is 36.0 Å². The molecule has 2 aromatic carbocycles. The summed E-state index contributed by atoms with van der Waals surface area (Å²) in [7, 11) is -2.86. The number of halogens is 2. The predicted molar refractivity (Wildman–Crippen MR) is 102 cm³/mol. The van der Waals surface area contributed by atoms with Crippen LogP contribution in [0.5, 0.6) is 0 Å². The molecular weight excluding hydrogens is 503 g/mol. The van der Waals surface area contributed by atoms with Crippen LogP contribution in [0.15, 0.2) is 67.3 Å². The van der Waals surface area contributed by atoms with Crippen LogP contribution in [0.2, 0.25) is 0 Å². The number of rotatable bonds is 8. The summed E-state index contributed by atoms with van der Waals surface area (Å²) < 4.78 is 47.3. The minimum absolute atomic E-state index is 0.246. The highest BCUT2D eigenvalue weighted by molar-refractivity contribution is 9.10. The van der Waals surface area contributed by atoms with Gasteiger partial charge in [-0.2, -0.15) is 0 Å². The maximum atomic E-state index is 12.0. The Kier molecular flexibility index (Phi) is 8.83. The van der Waals surface area contributed by atoms with Crippen LogP contribution in [0, 0.1) is 0 Å². The molecule has 10 heteroatoms. The average molecular weight is 516 g/mol. The van der Waals surface area contributed by atoms with Crippen molar-refractivity contribution in [3.05, 3.63) is 57.5 Å². The van der Waals surface area contributed by atoms with Gasteiger partial charge in [-0.3, -0.25) is 13.6 Å². The first-order chi connectivity index (χ1) is 11.5. The fourth-order valence-corrected chi connectivity index (χ4v) is 4.94. The second-order valence-corrected chi connectivity index (χ2v) is 10.1. The molecule has 0 N–H and O–H groups in total. The topological polar surface area (TPSA) is 81.7 Å². The van der Waals surface area contributed by atoms with Crippen LogP contribution < -0.4 is 0 Å². The average Bonchev–Trinajstić information content (AvgIpc) is 2.58. The van der Waals surface area contributed by atoms with Crippen molar-refractivity contribution in [2.24, 2.45) is 0 Å². The van der Waals surface area contributed by atoms with E-state index in [1.165, 1.54) is 0 Å². The molecule has 0 amide bonds. The molecule has 0 heterocycles. The zero-order chi connectivity index (χ0) is 17.5. The summed E-state index contributed by atoms with van der Waals surface area (Å²) in [4.78, 5) is 1.12. The first-order valence-corrected chi connectivity index (χ1v) is 12.0. The number of hydrogen-bond donors (Lipinski definition) is 0. The third-order valence-corrected chi connectivity index (χ3v) is 7.22. The van der Waals surface area contributed by atoms with E-state index in [9.17, 15) is 13.7 Å². The lowest BCUT2D eigenvalue weighted by atomic mass is 10.4. The first-order valence-electron chi connectivity index (χ1n) is 6.53. The van der Waals surface area contributed by atoms with Crippen LogP contribution in [0.3, 0.4) is 0 Å². The van der Waals surface area contributed by atoms with E-state index in [1.54, 1.807) is 48.5 Å². The minimum Gasteiger partial charge on any atom is -0.610 e. The first kappa shape index (κ1) is 20.5. The van der Waals surface area contributed by atoms with Gasteiger partial charge in [0.2, 0.25) is 11.9 Å². The molecule has 2 aromatic rings. The lowest BCUT2D eigenvalue weighted by molar-refractivity contribution is 0.275. The van der Waals surface area contributed by atoms with E-state index >= 15 is 0 Å². The molecule has 2 atom stereocenters. The normalized spacial score (nSPS) is 13.9. The summed E-state index contributed by atoms with van der Waals surface area (Å²) in [6.45, 7) is 0. The highest BCUT2D eigenvalue weighted by atomic mass is 79.9. The zero-order valence-corrected chi connectivity index (χ0v) is 18.0. The molecule has 130 valence electrons. The molecule has 0 aliphatic rings. The second kappa shape index (κ2) is 10.4. The summed E-state index contributed by atoms with van der Waals surface area (Å²) in [6.07, 6.45) is 0. The molecule has 0 unspecified atom stereocenters. The van der Waals surface area contributed by atoms with Gasteiger partial charge in [0.25, 0.3) is 0 Å². The molecule has 0 bridgehead atoms. The fourth-order valence-electron chi connectivity index (χ4n) is 1.55. The van der Waals surface area contributed by atoms with Crippen molar-refractivity contribution < 1.29 is 22.7 Å². The number of hydrogen-bond acceptors (Lipinski definition) is 5. The summed E-state index contributed by atoms with van der Waals surface area (Å²) in [6, 6.07) is 13.8. The Hall–Kier alpha value is 0.170. The summed E-state index contributed by atoms with van der Waals surface area (Å²) in [5, 5.41) is 0. The van der Waals surface area contributed by atoms with Crippen molar-refractivity contribution in [3.8, 4) is 0 Å². The van der Waals surface area contributed by atoms with E-state index in [0.717, 1.165) is 8.95 Å². The van der Waals surface area contributed by atoms with Crippen LogP contribution in [0.4, 0.5) is 0 Å². The Morgan fingerprint density at radius 1 is 0.792 bits per heavy atom. The molecule has 0 fully saturated rings. The van der Waals surface area contributed by atoms with Gasteiger partial charge in [0.05, 0.1) is 0 Å². The molecule has 5 nitrogen and oxygen atoms in total. The largest absolute Gasteiger partial charge is 0.610 e. The molecule has 24 heavy (non-hydrogen) atoms. The Balaban J connectivity index is 1.74. The highest BCUT2D eigenvalue weighted by Gasteiger charge is 2.16. The summed E-state index contributed by atoms with van der Waals surface area (Å²) in [5.41, 5.74) is 0. The summed E-state index contributed by atoms with van der Waals surface area (Å²) in [5.74, 6) is -0.491. The quantitative estimate of drug-likeness (QED) is 0.383. The minimum atomic E-state index is -2.86. The van der Waals surface area contributed by atoms with E-state index < -0.39 is 30.6 Å². The van der Waals surface area contributed by atoms with Crippen molar-refractivity contribution in [2.75, 3.05) is 11.9 Å². The standard InChI is InChI=1S/C14H13Br2O5PS2/c15-11-1-5-13(6-2-11)23(18)9-20-22(17)21-10-24(19)14-7-3-12(16)4-8-14/h1-8,22H,9-10H2/t23-,24-/m1/s1. The molecule has 0 saturated heterocycles. The van der Waals surface area contributed by atoms with Gasteiger partial charge in [0, 0.05) is 31.3 Å². The monoisotopic (exact) mass is 514 g/mol. The van der Waals surface area contributed by atoms with Gasteiger partial charge in [-0.15, -0.1) is 0 Å². The van der Waals surface area contributed by atoms with E-state index in [1.807, 2.05) is 0 Å². The predicted octanol–water partition coefficient (Wildman–Crippen LogP) is 4.46. The Labute approximate surface area is 163 Å². The number of benzene rings is 2. The molecule has 0 aliphatic carbocycles. The van der Waals surface area contributed by atoms with Crippen molar-refractivity contribution >= 4 is 62.5 Å². The van der Waals surface area contributed by atoms with Gasteiger partial charge in [-0.1, -0.05) is 31.9 Å². The molecular formula is C14H13Br2O5PS2. The Morgan fingerprint density at radius 3 is 1.46 bits per heavy atom. The lowest BCUT2D eigenvalue weighted by Crippen LogP contribution is -2.10. The van der Waals surface area contributed by atoms with Gasteiger partial charge >= 0.3 is 8.25 Å². The van der Waals surface area contributed by atoms with E-state index in [-0.39, 0.29) is 11.9 Å². The van der Waals surface area contributed by atoms with Gasteiger partial charge in [0.15, 0.2) is 9.79 Å². The van der Waals surface area contributed by atoms with Crippen LogP contribution in [0.1, 0.15) is 0 Å². The van der Waals surface area contributed by atoms with Crippen molar-refractivity contribution in [2.45, 2.75) is 9.79 Å².